The van der Waals surface area contributed by atoms with Crippen molar-refractivity contribution < 1.29 is 4.79 Å². The van der Waals surface area contributed by atoms with Gasteiger partial charge in [-0.25, -0.2) is 0 Å². The van der Waals surface area contributed by atoms with Crippen LogP contribution in [-0.2, 0) is 4.79 Å². The molecule has 1 saturated carbocycles. The molecule has 2 heteroatoms. The Morgan fingerprint density at radius 3 is 2.28 bits per heavy atom. The second-order valence-corrected chi connectivity index (χ2v) is 5.09. The zero-order chi connectivity index (χ0) is 12.8. The van der Waals surface area contributed by atoms with E-state index in [0.717, 1.165) is 24.1 Å². The smallest absolute Gasteiger partial charge is 0.158 e. The minimum atomic E-state index is 0.248. The first-order chi connectivity index (χ1) is 8.75. The molecule has 1 aliphatic rings. The van der Waals surface area contributed by atoms with Crippen molar-refractivity contribution in [3.05, 3.63) is 35.9 Å². The molecule has 0 aromatic heterocycles. The molecule has 0 bridgehead atoms. The van der Waals surface area contributed by atoms with Crippen molar-refractivity contribution in [2.24, 2.45) is 5.92 Å². The molecule has 0 unspecified atom stereocenters. The number of allylic oxidation sites excluding steroid dienone is 1. The summed E-state index contributed by atoms with van der Waals surface area (Å²) in [6.07, 6.45) is 10.7. The van der Waals surface area contributed by atoms with Crippen LogP contribution in [0.4, 0.5) is 5.69 Å². The highest BCUT2D eigenvalue weighted by molar-refractivity contribution is 5.95. The van der Waals surface area contributed by atoms with E-state index in [1.165, 1.54) is 25.7 Å². The van der Waals surface area contributed by atoms with E-state index in [4.69, 9.17) is 5.73 Å². The zero-order valence-electron chi connectivity index (χ0n) is 10.8. The van der Waals surface area contributed by atoms with E-state index < -0.39 is 0 Å². The van der Waals surface area contributed by atoms with Gasteiger partial charge in [-0.1, -0.05) is 43.9 Å². The van der Waals surface area contributed by atoms with Crippen molar-refractivity contribution in [1.82, 2.24) is 0 Å². The van der Waals surface area contributed by atoms with E-state index >= 15 is 0 Å². The molecule has 0 spiro atoms. The van der Waals surface area contributed by atoms with Crippen molar-refractivity contribution in [1.29, 1.82) is 0 Å². The number of nitrogens with two attached hydrogens (primary N) is 1. The number of benzene rings is 1. The Bertz CT molecular complexity index is 411. The van der Waals surface area contributed by atoms with Crippen LogP contribution in [0.5, 0.6) is 0 Å². The number of carbonyl (C=O) groups is 1. The molecule has 0 aliphatic heterocycles. The van der Waals surface area contributed by atoms with Gasteiger partial charge in [0.15, 0.2) is 5.78 Å². The summed E-state index contributed by atoms with van der Waals surface area (Å²) in [4.78, 5) is 12.1. The number of hydrogen-bond donors (Lipinski definition) is 1. The van der Waals surface area contributed by atoms with E-state index in [2.05, 4.69) is 0 Å². The highest BCUT2D eigenvalue weighted by Gasteiger charge is 2.17. The van der Waals surface area contributed by atoms with Crippen LogP contribution in [0.1, 0.15) is 44.1 Å². The van der Waals surface area contributed by atoms with Crippen molar-refractivity contribution in [3.8, 4) is 0 Å². The summed E-state index contributed by atoms with van der Waals surface area (Å²) in [6.45, 7) is 0. The Kier molecular flexibility index (Phi) is 4.57. The Hall–Kier alpha value is -1.57. The predicted molar refractivity (Wildman–Crippen MR) is 76.1 cm³/mol. The molecule has 0 radical (unpaired) electrons. The minimum Gasteiger partial charge on any atom is -0.399 e. The SMILES string of the molecule is Nc1ccc(/C=C/C(=O)C2CCCCCC2)cc1. The molecule has 0 saturated heterocycles. The van der Waals surface area contributed by atoms with E-state index in [9.17, 15) is 4.79 Å². The topological polar surface area (TPSA) is 43.1 Å². The lowest BCUT2D eigenvalue weighted by molar-refractivity contribution is -0.118. The highest BCUT2D eigenvalue weighted by atomic mass is 16.1. The fourth-order valence-corrected chi connectivity index (χ4v) is 2.49. The third-order valence-corrected chi connectivity index (χ3v) is 3.63. The maximum atomic E-state index is 12.1. The zero-order valence-corrected chi connectivity index (χ0v) is 10.8. The Morgan fingerprint density at radius 1 is 1.06 bits per heavy atom. The molecule has 1 fully saturated rings. The van der Waals surface area contributed by atoms with Gasteiger partial charge in [0, 0.05) is 11.6 Å². The summed E-state index contributed by atoms with van der Waals surface area (Å²) in [5.41, 5.74) is 7.41. The average Bonchev–Trinajstić information content (AvgIpc) is 2.66. The quantitative estimate of drug-likeness (QED) is 0.498. The molecule has 1 aromatic rings. The van der Waals surface area contributed by atoms with Crippen LogP contribution in [0, 0.1) is 5.92 Å². The first-order valence-corrected chi connectivity index (χ1v) is 6.83. The van der Waals surface area contributed by atoms with Gasteiger partial charge in [-0.2, -0.15) is 0 Å². The van der Waals surface area contributed by atoms with Gasteiger partial charge in [-0.3, -0.25) is 4.79 Å². The summed E-state index contributed by atoms with van der Waals surface area (Å²) in [5.74, 6) is 0.534. The number of rotatable bonds is 3. The van der Waals surface area contributed by atoms with E-state index in [0.29, 0.717) is 0 Å². The Labute approximate surface area is 109 Å². The standard InChI is InChI=1S/C16H21NO/c17-15-10-7-13(8-11-15)9-12-16(18)14-5-3-1-2-4-6-14/h7-12,14H,1-6,17H2/b12-9+. The van der Waals surface area contributed by atoms with Gasteiger partial charge in [-0.15, -0.1) is 0 Å². The monoisotopic (exact) mass is 243 g/mol. The van der Waals surface area contributed by atoms with Crippen LogP contribution in [0.15, 0.2) is 30.3 Å². The van der Waals surface area contributed by atoms with Gasteiger partial charge < -0.3 is 5.73 Å². The molecular formula is C16H21NO. The van der Waals surface area contributed by atoms with Crippen molar-refractivity contribution >= 4 is 17.5 Å². The molecular weight excluding hydrogens is 222 g/mol. The summed E-state index contributed by atoms with van der Waals surface area (Å²) in [7, 11) is 0. The summed E-state index contributed by atoms with van der Waals surface area (Å²) in [5, 5.41) is 0. The Morgan fingerprint density at radius 2 is 1.67 bits per heavy atom. The number of ketones is 1. The molecule has 0 amide bonds. The fourth-order valence-electron chi connectivity index (χ4n) is 2.49. The molecule has 1 aliphatic carbocycles. The number of anilines is 1. The largest absolute Gasteiger partial charge is 0.399 e. The van der Waals surface area contributed by atoms with Gasteiger partial charge in [0.05, 0.1) is 0 Å². The van der Waals surface area contributed by atoms with E-state index in [1.54, 1.807) is 6.08 Å². The molecule has 1 aromatic carbocycles. The van der Waals surface area contributed by atoms with Crippen molar-refractivity contribution in [2.75, 3.05) is 5.73 Å². The Balaban J connectivity index is 1.95. The molecule has 2 rings (SSSR count). The first kappa shape index (κ1) is 12.9. The lowest BCUT2D eigenvalue weighted by Crippen LogP contribution is -2.10. The molecule has 96 valence electrons. The van der Waals surface area contributed by atoms with Crippen molar-refractivity contribution in [3.63, 3.8) is 0 Å². The third-order valence-electron chi connectivity index (χ3n) is 3.63. The summed E-state index contributed by atoms with van der Waals surface area (Å²) >= 11 is 0. The normalized spacial score (nSPS) is 17.8. The van der Waals surface area contributed by atoms with Crippen LogP contribution in [0.25, 0.3) is 6.08 Å². The van der Waals surface area contributed by atoms with Crippen molar-refractivity contribution in [2.45, 2.75) is 38.5 Å². The number of nitrogen functional groups attached to an aromatic ring is 1. The van der Waals surface area contributed by atoms with E-state index in [1.807, 2.05) is 30.3 Å². The van der Waals surface area contributed by atoms with Gasteiger partial charge in [-0.05, 0) is 36.6 Å². The number of hydrogen-bond acceptors (Lipinski definition) is 2. The van der Waals surface area contributed by atoms with Gasteiger partial charge >= 0.3 is 0 Å². The van der Waals surface area contributed by atoms with E-state index in [-0.39, 0.29) is 11.7 Å². The second kappa shape index (κ2) is 6.39. The summed E-state index contributed by atoms with van der Waals surface area (Å²) in [6, 6.07) is 7.59. The lowest BCUT2D eigenvalue weighted by Gasteiger charge is -2.09. The van der Waals surface area contributed by atoms with Gasteiger partial charge in [0.1, 0.15) is 0 Å². The highest BCUT2D eigenvalue weighted by Crippen LogP contribution is 2.24. The van der Waals surface area contributed by atoms with Crippen LogP contribution >= 0.6 is 0 Å². The van der Waals surface area contributed by atoms with Gasteiger partial charge in [0.25, 0.3) is 0 Å². The van der Waals surface area contributed by atoms with Crippen LogP contribution in [0.2, 0.25) is 0 Å². The molecule has 18 heavy (non-hydrogen) atoms. The summed E-state index contributed by atoms with van der Waals surface area (Å²) < 4.78 is 0. The molecule has 2 nitrogen and oxygen atoms in total. The van der Waals surface area contributed by atoms with Gasteiger partial charge in [0.2, 0.25) is 0 Å². The maximum Gasteiger partial charge on any atom is 0.158 e. The van der Waals surface area contributed by atoms with Crippen LogP contribution < -0.4 is 5.73 Å². The van der Waals surface area contributed by atoms with Crippen LogP contribution in [0.3, 0.4) is 0 Å². The first-order valence-electron chi connectivity index (χ1n) is 6.83. The lowest BCUT2D eigenvalue weighted by atomic mass is 9.95. The third kappa shape index (κ3) is 3.73. The second-order valence-electron chi connectivity index (χ2n) is 5.09. The average molecular weight is 243 g/mol. The van der Waals surface area contributed by atoms with Crippen LogP contribution in [-0.4, -0.2) is 5.78 Å². The molecule has 2 N–H and O–H groups in total. The number of carbonyl (C=O) groups excluding carboxylic acids is 1. The minimum absolute atomic E-state index is 0.248. The predicted octanol–water partition coefficient (Wildman–Crippen LogP) is 3.82. The maximum absolute atomic E-state index is 12.1. The molecule has 0 atom stereocenters. The molecule has 0 heterocycles. The fraction of sp³-hybridized carbons (Fsp3) is 0.438.